The minimum absolute atomic E-state index is 0.247. The Morgan fingerprint density at radius 3 is 2.73 bits per heavy atom. The van der Waals surface area contributed by atoms with Crippen molar-refractivity contribution < 1.29 is 9.53 Å². The molecule has 2 aliphatic carbocycles. The molecule has 0 radical (unpaired) electrons. The third kappa shape index (κ3) is 2.59. The molecule has 1 aromatic heterocycles. The average Bonchev–Trinajstić information content (AvgIpc) is 3.12. The molecule has 0 aliphatic heterocycles. The SMILES string of the molecule is COc1c(C)cnc(CN(C)C(=O)[C@@H]2C[C@H]3CC[C@H]2C3)c1C. The van der Waals surface area contributed by atoms with E-state index in [1.54, 1.807) is 7.11 Å². The van der Waals surface area contributed by atoms with Crippen molar-refractivity contribution in [1.29, 1.82) is 0 Å². The second-order valence-electron chi connectivity index (χ2n) is 7.02. The molecule has 0 aromatic carbocycles. The van der Waals surface area contributed by atoms with E-state index in [1.807, 2.05) is 32.0 Å². The van der Waals surface area contributed by atoms with Crippen molar-refractivity contribution in [2.24, 2.45) is 17.8 Å². The Balaban J connectivity index is 1.72. The first kappa shape index (κ1) is 15.3. The number of pyridine rings is 1. The minimum Gasteiger partial charge on any atom is -0.496 e. The van der Waals surface area contributed by atoms with Gasteiger partial charge in [-0.1, -0.05) is 6.42 Å². The lowest BCUT2D eigenvalue weighted by atomic mass is 9.88. The van der Waals surface area contributed by atoms with Crippen LogP contribution in [0.1, 0.15) is 42.5 Å². The van der Waals surface area contributed by atoms with Crippen LogP contribution in [0.25, 0.3) is 0 Å². The van der Waals surface area contributed by atoms with Crippen LogP contribution in [0, 0.1) is 31.6 Å². The van der Waals surface area contributed by atoms with E-state index in [9.17, 15) is 4.79 Å². The fourth-order valence-corrected chi connectivity index (χ4v) is 4.36. The lowest BCUT2D eigenvalue weighted by molar-refractivity contribution is -0.136. The van der Waals surface area contributed by atoms with Gasteiger partial charge in [0.1, 0.15) is 5.75 Å². The van der Waals surface area contributed by atoms with Crippen molar-refractivity contribution >= 4 is 5.91 Å². The second kappa shape index (κ2) is 5.90. The zero-order chi connectivity index (χ0) is 15.9. The average molecular weight is 302 g/mol. The van der Waals surface area contributed by atoms with Crippen LogP contribution >= 0.6 is 0 Å². The highest BCUT2D eigenvalue weighted by Crippen LogP contribution is 2.48. The van der Waals surface area contributed by atoms with E-state index in [0.717, 1.165) is 34.9 Å². The largest absolute Gasteiger partial charge is 0.496 e. The van der Waals surface area contributed by atoms with Gasteiger partial charge in [0.2, 0.25) is 5.91 Å². The maximum atomic E-state index is 12.7. The summed E-state index contributed by atoms with van der Waals surface area (Å²) in [4.78, 5) is 19.1. The molecule has 3 rings (SSSR count). The number of ether oxygens (including phenoxy) is 1. The second-order valence-corrected chi connectivity index (χ2v) is 7.02. The molecule has 0 N–H and O–H groups in total. The third-order valence-corrected chi connectivity index (χ3v) is 5.57. The molecule has 3 atom stereocenters. The number of aromatic nitrogens is 1. The molecule has 4 nitrogen and oxygen atoms in total. The van der Waals surface area contributed by atoms with Gasteiger partial charge in [-0.3, -0.25) is 9.78 Å². The molecule has 22 heavy (non-hydrogen) atoms. The van der Waals surface area contributed by atoms with Crippen molar-refractivity contribution in [2.45, 2.75) is 46.1 Å². The summed E-state index contributed by atoms with van der Waals surface area (Å²) in [5.41, 5.74) is 3.00. The first-order valence-corrected chi connectivity index (χ1v) is 8.25. The number of hydrogen-bond acceptors (Lipinski definition) is 3. The van der Waals surface area contributed by atoms with Crippen LogP contribution in [0.2, 0.25) is 0 Å². The molecule has 120 valence electrons. The number of nitrogens with zero attached hydrogens (tertiary/aromatic N) is 2. The summed E-state index contributed by atoms with van der Waals surface area (Å²) in [6, 6.07) is 0. The summed E-state index contributed by atoms with van der Waals surface area (Å²) < 4.78 is 5.46. The summed E-state index contributed by atoms with van der Waals surface area (Å²) in [5, 5.41) is 0. The van der Waals surface area contributed by atoms with E-state index < -0.39 is 0 Å². The summed E-state index contributed by atoms with van der Waals surface area (Å²) in [5.74, 6) is 2.85. The van der Waals surface area contributed by atoms with Gasteiger partial charge in [0, 0.05) is 30.3 Å². The van der Waals surface area contributed by atoms with Crippen LogP contribution in [0.15, 0.2) is 6.20 Å². The number of amides is 1. The van der Waals surface area contributed by atoms with Gasteiger partial charge >= 0.3 is 0 Å². The van der Waals surface area contributed by atoms with E-state index in [2.05, 4.69) is 4.98 Å². The molecule has 0 spiro atoms. The molecule has 4 heteroatoms. The Kier molecular flexibility index (Phi) is 4.11. The zero-order valence-electron chi connectivity index (χ0n) is 14.1. The fourth-order valence-electron chi connectivity index (χ4n) is 4.36. The molecule has 2 fully saturated rings. The number of rotatable bonds is 4. The summed E-state index contributed by atoms with van der Waals surface area (Å²) in [6.07, 6.45) is 6.76. The number of fused-ring (bicyclic) bond motifs is 2. The van der Waals surface area contributed by atoms with Crippen LogP contribution in [0.3, 0.4) is 0 Å². The van der Waals surface area contributed by atoms with Gasteiger partial charge in [-0.2, -0.15) is 0 Å². The zero-order valence-corrected chi connectivity index (χ0v) is 14.1. The Labute approximate surface area is 132 Å². The van der Waals surface area contributed by atoms with Gasteiger partial charge in [0.25, 0.3) is 0 Å². The highest BCUT2D eigenvalue weighted by atomic mass is 16.5. The highest BCUT2D eigenvalue weighted by molar-refractivity contribution is 5.79. The van der Waals surface area contributed by atoms with Crippen LogP contribution in [0.4, 0.5) is 0 Å². The normalized spacial score (nSPS) is 26.3. The first-order valence-electron chi connectivity index (χ1n) is 8.25. The van der Waals surface area contributed by atoms with Gasteiger partial charge in [0.05, 0.1) is 19.3 Å². The molecular weight excluding hydrogens is 276 g/mol. The number of carbonyl (C=O) groups excluding carboxylic acids is 1. The van der Waals surface area contributed by atoms with Crippen LogP contribution < -0.4 is 4.74 Å². The predicted molar refractivity (Wildman–Crippen MR) is 85.7 cm³/mol. The summed E-state index contributed by atoms with van der Waals surface area (Å²) in [6.45, 7) is 4.58. The van der Waals surface area contributed by atoms with Crippen LogP contribution in [-0.4, -0.2) is 29.9 Å². The van der Waals surface area contributed by atoms with Gasteiger partial charge in [-0.25, -0.2) is 0 Å². The van der Waals surface area contributed by atoms with Crippen molar-refractivity contribution in [2.75, 3.05) is 14.2 Å². The van der Waals surface area contributed by atoms with E-state index in [1.165, 1.54) is 19.3 Å². The smallest absolute Gasteiger partial charge is 0.226 e. The number of methoxy groups -OCH3 is 1. The maximum absolute atomic E-state index is 12.7. The highest BCUT2D eigenvalue weighted by Gasteiger charge is 2.43. The van der Waals surface area contributed by atoms with E-state index in [-0.39, 0.29) is 5.92 Å². The summed E-state index contributed by atoms with van der Waals surface area (Å²) >= 11 is 0. The predicted octanol–water partition coefficient (Wildman–Crippen LogP) is 3.10. The Hall–Kier alpha value is -1.58. The van der Waals surface area contributed by atoms with Crippen molar-refractivity contribution in [3.63, 3.8) is 0 Å². The van der Waals surface area contributed by atoms with Crippen LogP contribution in [-0.2, 0) is 11.3 Å². The monoisotopic (exact) mass is 302 g/mol. The number of hydrogen-bond donors (Lipinski definition) is 0. The molecule has 1 aromatic rings. The maximum Gasteiger partial charge on any atom is 0.226 e. The Bertz CT molecular complexity index is 585. The van der Waals surface area contributed by atoms with Gasteiger partial charge in [-0.05, 0) is 44.9 Å². The van der Waals surface area contributed by atoms with Crippen LogP contribution in [0.5, 0.6) is 5.75 Å². The molecule has 0 saturated heterocycles. The molecular formula is C18H26N2O2. The van der Waals surface area contributed by atoms with E-state index in [4.69, 9.17) is 4.74 Å². The molecule has 2 bridgehead atoms. The third-order valence-electron chi connectivity index (χ3n) is 5.57. The van der Waals surface area contributed by atoms with Crippen molar-refractivity contribution in [1.82, 2.24) is 9.88 Å². The number of carbonyl (C=O) groups is 1. The fraction of sp³-hybridized carbons (Fsp3) is 0.667. The lowest BCUT2D eigenvalue weighted by Gasteiger charge is -2.27. The van der Waals surface area contributed by atoms with Crippen molar-refractivity contribution in [3.05, 3.63) is 23.0 Å². The standard InChI is InChI=1S/C18H26N2O2/c1-11-9-19-16(12(2)17(11)22-4)10-20(3)18(21)15-8-13-5-6-14(15)7-13/h9,13-15H,5-8,10H2,1-4H3/t13-,14-,15+/m0/s1. The van der Waals surface area contributed by atoms with Gasteiger partial charge in [0.15, 0.2) is 0 Å². The molecule has 0 unspecified atom stereocenters. The lowest BCUT2D eigenvalue weighted by Crippen LogP contribution is -2.35. The van der Waals surface area contributed by atoms with E-state index >= 15 is 0 Å². The number of aryl methyl sites for hydroxylation is 1. The molecule has 1 heterocycles. The summed E-state index contributed by atoms with van der Waals surface area (Å²) in [7, 11) is 3.59. The Morgan fingerprint density at radius 2 is 2.14 bits per heavy atom. The van der Waals surface area contributed by atoms with Gasteiger partial charge < -0.3 is 9.64 Å². The first-order chi connectivity index (χ1) is 10.5. The minimum atomic E-state index is 0.247. The quantitative estimate of drug-likeness (QED) is 0.858. The molecule has 2 saturated carbocycles. The molecule has 2 aliphatic rings. The van der Waals surface area contributed by atoms with Crippen molar-refractivity contribution in [3.8, 4) is 5.75 Å². The van der Waals surface area contributed by atoms with Gasteiger partial charge in [-0.15, -0.1) is 0 Å². The topological polar surface area (TPSA) is 42.4 Å². The molecule has 1 amide bonds. The Morgan fingerprint density at radius 1 is 1.36 bits per heavy atom. The van der Waals surface area contributed by atoms with E-state index in [0.29, 0.717) is 18.4 Å².